The molecule has 0 saturated carbocycles. The summed E-state index contributed by atoms with van der Waals surface area (Å²) in [6.45, 7) is 7.12. The summed E-state index contributed by atoms with van der Waals surface area (Å²) in [5.74, 6) is 1.29. The Morgan fingerprint density at radius 3 is 2.76 bits per heavy atom. The van der Waals surface area contributed by atoms with E-state index in [9.17, 15) is 4.79 Å². The highest BCUT2D eigenvalue weighted by molar-refractivity contribution is 6.31. The van der Waals surface area contributed by atoms with Gasteiger partial charge in [0.25, 0.3) is 0 Å². The van der Waals surface area contributed by atoms with Crippen LogP contribution in [-0.2, 0) is 4.79 Å². The quantitative estimate of drug-likeness (QED) is 0.686. The molecule has 0 aliphatic rings. The van der Waals surface area contributed by atoms with Crippen LogP contribution in [0.3, 0.4) is 0 Å². The molecule has 0 unspecified atom stereocenters. The molecular formula is C20H25ClN2O2. The number of amides is 1. The first-order valence-electron chi connectivity index (χ1n) is 8.47. The monoisotopic (exact) mass is 360 g/mol. The number of carbonyl (C=O) groups excluding carboxylic acids is 1. The SMILES string of the molecule is Cc1ccc(Cl)cc1NC(=O)CNc1cccc(OCCC(C)C)c1. The standard InChI is InChI=1S/C20H25ClN2O2/c1-14(2)9-10-25-18-6-4-5-17(12-18)22-13-20(24)23-19-11-16(21)8-7-15(19)3/h4-8,11-12,14,22H,9-10,13H2,1-3H3,(H,23,24). The van der Waals surface area contributed by atoms with Crippen LogP contribution in [0.5, 0.6) is 5.75 Å². The minimum absolute atomic E-state index is 0.128. The van der Waals surface area contributed by atoms with Gasteiger partial charge in [-0.15, -0.1) is 0 Å². The lowest BCUT2D eigenvalue weighted by Gasteiger charge is -2.12. The highest BCUT2D eigenvalue weighted by Gasteiger charge is 2.06. The molecule has 0 atom stereocenters. The molecule has 134 valence electrons. The van der Waals surface area contributed by atoms with E-state index in [2.05, 4.69) is 24.5 Å². The van der Waals surface area contributed by atoms with Gasteiger partial charge < -0.3 is 15.4 Å². The van der Waals surface area contributed by atoms with Crippen LogP contribution in [0.2, 0.25) is 5.02 Å². The third-order valence-corrected chi connectivity index (χ3v) is 3.96. The van der Waals surface area contributed by atoms with Crippen molar-refractivity contribution in [3.63, 3.8) is 0 Å². The first-order chi connectivity index (χ1) is 11.9. The van der Waals surface area contributed by atoms with Gasteiger partial charge in [-0.2, -0.15) is 0 Å². The number of hydrogen-bond donors (Lipinski definition) is 2. The Bertz CT molecular complexity index is 717. The fraction of sp³-hybridized carbons (Fsp3) is 0.350. The lowest BCUT2D eigenvalue weighted by molar-refractivity contribution is -0.114. The molecule has 25 heavy (non-hydrogen) atoms. The molecule has 2 aromatic carbocycles. The fourth-order valence-electron chi connectivity index (χ4n) is 2.21. The van der Waals surface area contributed by atoms with Crippen LogP contribution < -0.4 is 15.4 Å². The maximum absolute atomic E-state index is 12.1. The van der Waals surface area contributed by atoms with Crippen molar-refractivity contribution in [2.75, 3.05) is 23.8 Å². The predicted octanol–water partition coefficient (Wildman–Crippen LogP) is 5.12. The largest absolute Gasteiger partial charge is 0.494 e. The summed E-state index contributed by atoms with van der Waals surface area (Å²) < 4.78 is 5.73. The van der Waals surface area contributed by atoms with Crippen LogP contribution in [0.4, 0.5) is 11.4 Å². The second kappa shape index (κ2) is 9.33. The number of rotatable bonds is 8. The summed E-state index contributed by atoms with van der Waals surface area (Å²) in [5.41, 5.74) is 2.54. The van der Waals surface area contributed by atoms with Gasteiger partial charge in [-0.1, -0.05) is 37.6 Å². The molecule has 4 nitrogen and oxygen atoms in total. The van der Waals surface area contributed by atoms with Crippen LogP contribution in [0.1, 0.15) is 25.8 Å². The van der Waals surface area contributed by atoms with E-state index in [1.807, 2.05) is 37.3 Å². The van der Waals surface area contributed by atoms with E-state index in [0.29, 0.717) is 17.5 Å². The Balaban J connectivity index is 1.86. The van der Waals surface area contributed by atoms with Crippen molar-refractivity contribution >= 4 is 28.9 Å². The van der Waals surface area contributed by atoms with Crippen molar-refractivity contribution < 1.29 is 9.53 Å². The topological polar surface area (TPSA) is 50.4 Å². The van der Waals surface area contributed by atoms with Gasteiger partial charge in [-0.3, -0.25) is 4.79 Å². The number of anilines is 2. The van der Waals surface area contributed by atoms with Gasteiger partial charge in [0.2, 0.25) is 5.91 Å². The van der Waals surface area contributed by atoms with Crippen molar-refractivity contribution in [2.24, 2.45) is 5.92 Å². The van der Waals surface area contributed by atoms with Crippen LogP contribution in [-0.4, -0.2) is 19.1 Å². The van der Waals surface area contributed by atoms with E-state index in [-0.39, 0.29) is 12.5 Å². The highest BCUT2D eigenvalue weighted by Crippen LogP contribution is 2.20. The maximum atomic E-state index is 12.1. The minimum atomic E-state index is -0.128. The number of benzene rings is 2. The van der Waals surface area contributed by atoms with Gasteiger partial charge in [0, 0.05) is 22.5 Å². The molecular weight excluding hydrogens is 336 g/mol. The first kappa shape index (κ1) is 19.1. The Morgan fingerprint density at radius 2 is 2.00 bits per heavy atom. The molecule has 0 aromatic heterocycles. The Kier molecular flexibility index (Phi) is 7.14. The molecule has 0 radical (unpaired) electrons. The number of aryl methyl sites for hydroxylation is 1. The van der Waals surface area contributed by atoms with E-state index >= 15 is 0 Å². The second-order valence-corrected chi connectivity index (χ2v) is 6.86. The zero-order valence-corrected chi connectivity index (χ0v) is 15.7. The number of nitrogens with one attached hydrogen (secondary N) is 2. The molecule has 0 saturated heterocycles. The molecule has 5 heteroatoms. The molecule has 2 N–H and O–H groups in total. The third-order valence-electron chi connectivity index (χ3n) is 3.72. The Hall–Kier alpha value is -2.20. The zero-order valence-electron chi connectivity index (χ0n) is 14.9. The molecule has 1 amide bonds. The molecule has 0 fully saturated rings. The molecule has 2 aromatic rings. The van der Waals surface area contributed by atoms with E-state index in [4.69, 9.17) is 16.3 Å². The molecule has 0 bridgehead atoms. The van der Waals surface area contributed by atoms with Crippen molar-refractivity contribution in [1.82, 2.24) is 0 Å². The average molecular weight is 361 g/mol. The number of hydrogen-bond acceptors (Lipinski definition) is 3. The second-order valence-electron chi connectivity index (χ2n) is 6.42. The maximum Gasteiger partial charge on any atom is 0.243 e. The number of halogens is 1. The van der Waals surface area contributed by atoms with E-state index in [1.54, 1.807) is 12.1 Å². The van der Waals surface area contributed by atoms with Crippen molar-refractivity contribution in [3.05, 3.63) is 53.1 Å². The number of carbonyl (C=O) groups is 1. The highest BCUT2D eigenvalue weighted by atomic mass is 35.5. The van der Waals surface area contributed by atoms with Gasteiger partial charge in [0.15, 0.2) is 0 Å². The van der Waals surface area contributed by atoms with Gasteiger partial charge in [-0.05, 0) is 49.1 Å². The normalized spacial score (nSPS) is 10.6. The smallest absolute Gasteiger partial charge is 0.243 e. The average Bonchev–Trinajstić information content (AvgIpc) is 2.56. The lowest BCUT2D eigenvalue weighted by Crippen LogP contribution is -2.22. The molecule has 2 rings (SSSR count). The van der Waals surface area contributed by atoms with Crippen molar-refractivity contribution in [2.45, 2.75) is 27.2 Å². The minimum Gasteiger partial charge on any atom is -0.494 e. The summed E-state index contributed by atoms with van der Waals surface area (Å²) in [4.78, 5) is 12.1. The molecule has 0 aliphatic heterocycles. The third kappa shape index (κ3) is 6.67. The van der Waals surface area contributed by atoms with Crippen LogP contribution in [0.25, 0.3) is 0 Å². The van der Waals surface area contributed by atoms with Gasteiger partial charge in [-0.25, -0.2) is 0 Å². The lowest BCUT2D eigenvalue weighted by atomic mass is 10.1. The fourth-order valence-corrected chi connectivity index (χ4v) is 2.39. The molecule has 0 heterocycles. The summed E-state index contributed by atoms with van der Waals surface area (Å²) >= 11 is 5.97. The van der Waals surface area contributed by atoms with Crippen molar-refractivity contribution in [3.8, 4) is 5.75 Å². The summed E-state index contributed by atoms with van der Waals surface area (Å²) in [6.07, 6.45) is 1.01. The van der Waals surface area contributed by atoms with Gasteiger partial charge >= 0.3 is 0 Å². The predicted molar refractivity (Wildman–Crippen MR) is 105 cm³/mol. The molecule has 0 aliphatic carbocycles. The summed E-state index contributed by atoms with van der Waals surface area (Å²) in [6, 6.07) is 13.1. The summed E-state index contributed by atoms with van der Waals surface area (Å²) in [5, 5.41) is 6.58. The van der Waals surface area contributed by atoms with Crippen LogP contribution >= 0.6 is 11.6 Å². The number of ether oxygens (including phenoxy) is 1. The van der Waals surface area contributed by atoms with Crippen LogP contribution in [0.15, 0.2) is 42.5 Å². The zero-order chi connectivity index (χ0) is 18.2. The van der Waals surface area contributed by atoms with Gasteiger partial charge in [0.05, 0.1) is 13.2 Å². The first-order valence-corrected chi connectivity index (χ1v) is 8.84. The summed E-state index contributed by atoms with van der Waals surface area (Å²) in [7, 11) is 0. The Morgan fingerprint density at radius 1 is 1.20 bits per heavy atom. The van der Waals surface area contributed by atoms with E-state index < -0.39 is 0 Å². The van der Waals surface area contributed by atoms with Gasteiger partial charge in [0.1, 0.15) is 5.75 Å². The molecule has 0 spiro atoms. The Labute approximate surface area is 154 Å². The van der Waals surface area contributed by atoms with E-state index in [0.717, 1.165) is 29.1 Å². The van der Waals surface area contributed by atoms with E-state index in [1.165, 1.54) is 0 Å². The van der Waals surface area contributed by atoms with Crippen LogP contribution in [0, 0.1) is 12.8 Å². The van der Waals surface area contributed by atoms with Crippen molar-refractivity contribution in [1.29, 1.82) is 0 Å².